The highest BCUT2D eigenvalue weighted by atomic mass is 35.5. The predicted octanol–water partition coefficient (Wildman–Crippen LogP) is 4.11. The largest absolute Gasteiger partial charge is 0.478 e. The van der Waals surface area contributed by atoms with E-state index < -0.39 is 5.97 Å². The van der Waals surface area contributed by atoms with Gasteiger partial charge in [0.1, 0.15) is 0 Å². The zero-order valence-corrected chi connectivity index (χ0v) is 11.3. The molecule has 0 atom stereocenters. The standard InChI is InChI=1S/C16H12ClNO2/c17-13-5-6-15-14(8-13)12(9-18-15)7-10-1-3-11(4-2-10)16(19)20/h1-6,8-9,18H,7H2,(H,19,20). The van der Waals surface area contributed by atoms with Crippen molar-refractivity contribution in [2.24, 2.45) is 0 Å². The van der Waals surface area contributed by atoms with Gasteiger partial charge in [0, 0.05) is 22.1 Å². The lowest BCUT2D eigenvalue weighted by molar-refractivity contribution is 0.0697. The van der Waals surface area contributed by atoms with Crippen LogP contribution in [0.25, 0.3) is 10.9 Å². The number of carbonyl (C=O) groups is 1. The van der Waals surface area contributed by atoms with Gasteiger partial charge in [-0.2, -0.15) is 0 Å². The molecule has 3 rings (SSSR count). The Morgan fingerprint density at radius 2 is 1.90 bits per heavy atom. The number of nitrogens with one attached hydrogen (secondary N) is 1. The quantitative estimate of drug-likeness (QED) is 0.761. The van der Waals surface area contributed by atoms with Crippen molar-refractivity contribution in [2.75, 3.05) is 0 Å². The first kappa shape index (κ1) is 12.8. The summed E-state index contributed by atoms with van der Waals surface area (Å²) in [5, 5.41) is 10.7. The Kier molecular flexibility index (Phi) is 3.20. The second kappa shape index (κ2) is 5.02. The molecule has 0 bridgehead atoms. The third kappa shape index (κ3) is 2.40. The van der Waals surface area contributed by atoms with E-state index in [9.17, 15) is 4.79 Å². The number of hydrogen-bond donors (Lipinski definition) is 2. The average Bonchev–Trinajstić information content (AvgIpc) is 2.82. The number of rotatable bonds is 3. The summed E-state index contributed by atoms with van der Waals surface area (Å²) >= 11 is 6.03. The molecule has 1 aromatic heterocycles. The third-order valence-corrected chi connectivity index (χ3v) is 3.56. The lowest BCUT2D eigenvalue weighted by Gasteiger charge is -2.02. The van der Waals surface area contributed by atoms with Crippen LogP contribution in [-0.2, 0) is 6.42 Å². The molecule has 0 saturated carbocycles. The van der Waals surface area contributed by atoms with E-state index in [2.05, 4.69) is 4.98 Å². The molecule has 2 aromatic carbocycles. The number of hydrogen-bond acceptors (Lipinski definition) is 1. The van der Waals surface area contributed by atoms with Gasteiger partial charge in [0.2, 0.25) is 0 Å². The molecule has 0 saturated heterocycles. The first-order valence-corrected chi connectivity index (χ1v) is 6.59. The second-order valence-electron chi connectivity index (χ2n) is 4.68. The number of aromatic amines is 1. The Morgan fingerprint density at radius 1 is 1.15 bits per heavy atom. The Bertz CT molecular complexity index is 775. The highest BCUT2D eigenvalue weighted by Crippen LogP contribution is 2.24. The fourth-order valence-electron chi connectivity index (χ4n) is 2.28. The van der Waals surface area contributed by atoms with E-state index in [-0.39, 0.29) is 0 Å². The minimum Gasteiger partial charge on any atom is -0.478 e. The number of benzene rings is 2. The van der Waals surface area contributed by atoms with Crippen molar-refractivity contribution in [3.05, 3.63) is 70.4 Å². The summed E-state index contributed by atoms with van der Waals surface area (Å²) in [5.74, 6) is -0.907. The normalized spacial score (nSPS) is 10.8. The molecular weight excluding hydrogens is 274 g/mol. The Balaban J connectivity index is 1.92. The lowest BCUT2D eigenvalue weighted by atomic mass is 10.0. The van der Waals surface area contributed by atoms with Crippen molar-refractivity contribution in [3.8, 4) is 0 Å². The van der Waals surface area contributed by atoms with Gasteiger partial charge in [0.15, 0.2) is 0 Å². The Morgan fingerprint density at radius 3 is 2.60 bits per heavy atom. The number of aromatic nitrogens is 1. The van der Waals surface area contributed by atoms with E-state index in [4.69, 9.17) is 16.7 Å². The van der Waals surface area contributed by atoms with Crippen LogP contribution in [0.3, 0.4) is 0 Å². The van der Waals surface area contributed by atoms with Gasteiger partial charge in [-0.1, -0.05) is 23.7 Å². The summed E-state index contributed by atoms with van der Waals surface area (Å²) in [7, 11) is 0. The van der Waals surface area contributed by atoms with Crippen LogP contribution in [0.2, 0.25) is 5.02 Å². The maximum atomic E-state index is 10.8. The van der Waals surface area contributed by atoms with Crippen LogP contribution in [0.4, 0.5) is 0 Å². The Hall–Kier alpha value is -2.26. The van der Waals surface area contributed by atoms with Crippen LogP contribution in [0.15, 0.2) is 48.7 Å². The number of carboxylic acids is 1. The topological polar surface area (TPSA) is 53.1 Å². The molecule has 3 aromatic rings. The number of H-pyrrole nitrogens is 1. The van der Waals surface area contributed by atoms with Crippen molar-refractivity contribution in [2.45, 2.75) is 6.42 Å². The van der Waals surface area contributed by atoms with Crippen LogP contribution in [0, 0.1) is 0 Å². The number of aromatic carboxylic acids is 1. The molecule has 3 nitrogen and oxygen atoms in total. The van der Waals surface area contributed by atoms with Crippen molar-refractivity contribution >= 4 is 28.5 Å². The van der Waals surface area contributed by atoms with Gasteiger partial charge in [-0.15, -0.1) is 0 Å². The molecule has 0 unspecified atom stereocenters. The molecule has 1 heterocycles. The SMILES string of the molecule is O=C(O)c1ccc(Cc2c[nH]c3ccc(Cl)cc23)cc1. The van der Waals surface area contributed by atoms with E-state index in [0.717, 1.165) is 28.5 Å². The number of halogens is 1. The molecule has 0 aliphatic rings. The van der Waals surface area contributed by atoms with Crippen molar-refractivity contribution in [3.63, 3.8) is 0 Å². The van der Waals surface area contributed by atoms with Gasteiger partial charge in [0.05, 0.1) is 5.56 Å². The number of fused-ring (bicyclic) bond motifs is 1. The van der Waals surface area contributed by atoms with Gasteiger partial charge in [0.25, 0.3) is 0 Å². The van der Waals surface area contributed by atoms with Crippen molar-refractivity contribution in [1.29, 1.82) is 0 Å². The fourth-order valence-corrected chi connectivity index (χ4v) is 2.45. The van der Waals surface area contributed by atoms with Gasteiger partial charge >= 0.3 is 5.97 Å². The van der Waals surface area contributed by atoms with Crippen LogP contribution in [-0.4, -0.2) is 16.1 Å². The summed E-state index contributed by atoms with van der Waals surface area (Å²) in [6.07, 6.45) is 2.70. The number of carboxylic acid groups (broad SMARTS) is 1. The summed E-state index contributed by atoms with van der Waals surface area (Å²) in [5.41, 5.74) is 3.56. The van der Waals surface area contributed by atoms with Crippen LogP contribution >= 0.6 is 11.6 Å². The molecule has 0 fully saturated rings. The second-order valence-corrected chi connectivity index (χ2v) is 5.12. The monoisotopic (exact) mass is 285 g/mol. The van der Waals surface area contributed by atoms with E-state index in [1.54, 1.807) is 12.1 Å². The first-order valence-electron chi connectivity index (χ1n) is 6.21. The molecule has 2 N–H and O–H groups in total. The van der Waals surface area contributed by atoms with Gasteiger partial charge in [-0.05, 0) is 47.9 Å². The summed E-state index contributed by atoms with van der Waals surface area (Å²) < 4.78 is 0. The molecule has 20 heavy (non-hydrogen) atoms. The molecule has 0 aliphatic carbocycles. The lowest BCUT2D eigenvalue weighted by Crippen LogP contribution is -1.96. The van der Waals surface area contributed by atoms with Crippen molar-refractivity contribution < 1.29 is 9.90 Å². The highest BCUT2D eigenvalue weighted by Gasteiger charge is 2.06. The van der Waals surface area contributed by atoms with Crippen LogP contribution < -0.4 is 0 Å². The molecule has 4 heteroatoms. The summed E-state index contributed by atoms with van der Waals surface area (Å²) in [6, 6.07) is 12.7. The van der Waals surface area contributed by atoms with Gasteiger partial charge in [-0.3, -0.25) is 0 Å². The molecule has 0 spiro atoms. The highest BCUT2D eigenvalue weighted by molar-refractivity contribution is 6.31. The first-order chi connectivity index (χ1) is 9.63. The summed E-state index contributed by atoms with van der Waals surface area (Å²) in [4.78, 5) is 14.0. The van der Waals surface area contributed by atoms with E-state index >= 15 is 0 Å². The van der Waals surface area contributed by atoms with E-state index in [1.807, 2.05) is 36.5 Å². The van der Waals surface area contributed by atoms with Gasteiger partial charge in [-0.25, -0.2) is 4.79 Å². The summed E-state index contributed by atoms with van der Waals surface area (Å²) in [6.45, 7) is 0. The minimum atomic E-state index is -0.907. The molecule has 0 radical (unpaired) electrons. The van der Waals surface area contributed by atoms with Crippen LogP contribution in [0.1, 0.15) is 21.5 Å². The minimum absolute atomic E-state index is 0.302. The zero-order chi connectivity index (χ0) is 14.1. The zero-order valence-electron chi connectivity index (χ0n) is 10.6. The third-order valence-electron chi connectivity index (χ3n) is 3.32. The maximum absolute atomic E-state index is 10.8. The smallest absolute Gasteiger partial charge is 0.335 e. The molecule has 100 valence electrons. The van der Waals surface area contributed by atoms with Gasteiger partial charge < -0.3 is 10.1 Å². The maximum Gasteiger partial charge on any atom is 0.335 e. The van der Waals surface area contributed by atoms with Crippen LogP contribution in [0.5, 0.6) is 0 Å². The fraction of sp³-hybridized carbons (Fsp3) is 0.0625. The predicted molar refractivity (Wildman–Crippen MR) is 79.5 cm³/mol. The van der Waals surface area contributed by atoms with E-state index in [1.165, 1.54) is 0 Å². The van der Waals surface area contributed by atoms with Crippen molar-refractivity contribution in [1.82, 2.24) is 4.98 Å². The average molecular weight is 286 g/mol. The molecular formula is C16H12ClNO2. The molecule has 0 aliphatic heterocycles. The Labute approximate surface area is 120 Å². The van der Waals surface area contributed by atoms with E-state index in [0.29, 0.717) is 10.6 Å². The molecule has 0 amide bonds.